The highest BCUT2D eigenvalue weighted by atomic mass is 32.1. The molecule has 1 aromatic rings. The van der Waals surface area contributed by atoms with E-state index in [4.69, 9.17) is 0 Å². The molecule has 0 atom stereocenters. The summed E-state index contributed by atoms with van der Waals surface area (Å²) in [5, 5.41) is 3.42. The number of nitrogens with zero attached hydrogens (tertiary/aromatic N) is 1. The fraction of sp³-hybridized carbons (Fsp3) is 0.429. The van der Waals surface area contributed by atoms with E-state index >= 15 is 0 Å². The molecule has 0 radical (unpaired) electrons. The number of rotatable bonds is 2. The second kappa shape index (κ2) is 3.30. The highest BCUT2D eigenvalue weighted by Gasteiger charge is 2.02. The molecule has 3 heteroatoms. The SMILES string of the molecule is Cc1ccsc1N(C)CS. The molecule has 0 N–H and O–H groups in total. The van der Waals surface area contributed by atoms with Crippen LogP contribution in [0.15, 0.2) is 11.4 Å². The molecule has 0 saturated heterocycles. The van der Waals surface area contributed by atoms with Crippen molar-refractivity contribution in [3.63, 3.8) is 0 Å². The lowest BCUT2D eigenvalue weighted by Gasteiger charge is -2.14. The van der Waals surface area contributed by atoms with Gasteiger partial charge in [-0.2, -0.15) is 12.6 Å². The number of thiol groups is 1. The Kier molecular flexibility index (Phi) is 2.63. The summed E-state index contributed by atoms with van der Waals surface area (Å²) >= 11 is 5.94. The molecule has 1 aromatic heterocycles. The van der Waals surface area contributed by atoms with Crippen LogP contribution in [0.3, 0.4) is 0 Å². The predicted octanol–water partition coefficient (Wildman–Crippen LogP) is 2.38. The van der Waals surface area contributed by atoms with Crippen LogP contribution in [0.5, 0.6) is 0 Å². The van der Waals surface area contributed by atoms with Crippen molar-refractivity contribution in [1.29, 1.82) is 0 Å². The Bertz CT molecular complexity index is 207. The summed E-state index contributed by atoms with van der Waals surface area (Å²) in [6.45, 7) is 2.12. The number of hydrogen-bond donors (Lipinski definition) is 1. The molecule has 0 fully saturated rings. The molecule has 56 valence electrons. The van der Waals surface area contributed by atoms with Crippen LogP contribution < -0.4 is 4.90 Å². The van der Waals surface area contributed by atoms with E-state index in [1.165, 1.54) is 10.6 Å². The van der Waals surface area contributed by atoms with Gasteiger partial charge in [-0.25, -0.2) is 0 Å². The molecule has 1 heterocycles. The normalized spacial score (nSPS) is 9.90. The molecule has 0 aliphatic carbocycles. The zero-order valence-corrected chi connectivity index (χ0v) is 7.88. The average Bonchev–Trinajstić information content (AvgIpc) is 2.34. The first-order valence-electron chi connectivity index (χ1n) is 3.12. The number of aryl methyl sites for hydroxylation is 1. The van der Waals surface area contributed by atoms with E-state index in [9.17, 15) is 0 Å². The van der Waals surface area contributed by atoms with Crippen molar-refractivity contribution < 1.29 is 0 Å². The van der Waals surface area contributed by atoms with Crippen molar-refractivity contribution in [3.8, 4) is 0 Å². The quantitative estimate of drug-likeness (QED) is 0.531. The van der Waals surface area contributed by atoms with E-state index in [1.54, 1.807) is 11.3 Å². The lowest BCUT2D eigenvalue weighted by atomic mass is 10.3. The van der Waals surface area contributed by atoms with Gasteiger partial charge in [0.05, 0.1) is 10.9 Å². The van der Waals surface area contributed by atoms with E-state index in [-0.39, 0.29) is 0 Å². The van der Waals surface area contributed by atoms with Crippen LogP contribution in [0.4, 0.5) is 5.00 Å². The van der Waals surface area contributed by atoms with Crippen molar-refractivity contribution in [2.45, 2.75) is 6.92 Å². The third-order valence-corrected chi connectivity index (χ3v) is 2.95. The second-order valence-corrected chi connectivity index (χ2v) is 3.43. The van der Waals surface area contributed by atoms with Crippen LogP contribution in [-0.2, 0) is 0 Å². The van der Waals surface area contributed by atoms with Gasteiger partial charge < -0.3 is 4.90 Å². The molecule has 10 heavy (non-hydrogen) atoms. The molecule has 0 aliphatic rings. The zero-order chi connectivity index (χ0) is 7.56. The smallest absolute Gasteiger partial charge is 0.0942 e. The van der Waals surface area contributed by atoms with Crippen molar-refractivity contribution in [2.75, 3.05) is 17.8 Å². The van der Waals surface area contributed by atoms with Gasteiger partial charge in [-0.05, 0) is 23.9 Å². The lowest BCUT2D eigenvalue weighted by Crippen LogP contribution is -2.13. The Morgan fingerprint density at radius 2 is 2.40 bits per heavy atom. The van der Waals surface area contributed by atoms with Crippen LogP contribution in [0.25, 0.3) is 0 Å². The molecule has 0 amide bonds. The van der Waals surface area contributed by atoms with E-state index in [0.717, 1.165) is 5.88 Å². The third-order valence-electron chi connectivity index (χ3n) is 1.39. The van der Waals surface area contributed by atoms with Gasteiger partial charge >= 0.3 is 0 Å². The van der Waals surface area contributed by atoms with Crippen LogP contribution in [0.2, 0.25) is 0 Å². The summed E-state index contributed by atoms with van der Waals surface area (Å²) in [6, 6.07) is 2.12. The van der Waals surface area contributed by atoms with Crippen LogP contribution in [0.1, 0.15) is 5.56 Å². The molecular weight excluding hydrogens is 162 g/mol. The summed E-state index contributed by atoms with van der Waals surface area (Å²) in [5.41, 5.74) is 1.33. The van der Waals surface area contributed by atoms with Crippen molar-refractivity contribution >= 4 is 29.0 Å². The molecule has 1 nitrogen and oxygen atoms in total. The van der Waals surface area contributed by atoms with Crippen molar-refractivity contribution in [1.82, 2.24) is 0 Å². The van der Waals surface area contributed by atoms with Crippen LogP contribution in [-0.4, -0.2) is 12.9 Å². The standard InChI is InChI=1S/C7H11NS2/c1-6-3-4-10-7(6)8(2)5-9/h3-4,9H,5H2,1-2H3. The van der Waals surface area contributed by atoms with Gasteiger partial charge in [-0.3, -0.25) is 0 Å². The number of hydrogen-bond acceptors (Lipinski definition) is 3. The number of thiophene rings is 1. The molecular formula is C7H11NS2. The van der Waals surface area contributed by atoms with Gasteiger partial charge in [0.25, 0.3) is 0 Å². The fourth-order valence-corrected chi connectivity index (χ4v) is 1.96. The summed E-state index contributed by atoms with van der Waals surface area (Å²) in [6.07, 6.45) is 0. The molecule has 0 aliphatic heterocycles. The zero-order valence-electron chi connectivity index (χ0n) is 6.16. The van der Waals surface area contributed by atoms with Gasteiger partial charge in [0.15, 0.2) is 0 Å². The highest BCUT2D eigenvalue weighted by molar-refractivity contribution is 7.80. The van der Waals surface area contributed by atoms with Gasteiger partial charge in [0.2, 0.25) is 0 Å². The van der Waals surface area contributed by atoms with Gasteiger partial charge in [0, 0.05) is 7.05 Å². The Morgan fingerprint density at radius 3 is 2.80 bits per heavy atom. The maximum Gasteiger partial charge on any atom is 0.0942 e. The second-order valence-electron chi connectivity index (χ2n) is 2.25. The fourth-order valence-electron chi connectivity index (χ4n) is 0.820. The molecule has 1 rings (SSSR count). The topological polar surface area (TPSA) is 3.24 Å². The van der Waals surface area contributed by atoms with Gasteiger partial charge in [-0.15, -0.1) is 11.3 Å². The summed E-state index contributed by atoms with van der Waals surface area (Å²) in [7, 11) is 2.05. The van der Waals surface area contributed by atoms with E-state index in [2.05, 4.69) is 35.9 Å². The van der Waals surface area contributed by atoms with E-state index < -0.39 is 0 Å². The van der Waals surface area contributed by atoms with E-state index in [1.807, 2.05) is 7.05 Å². The van der Waals surface area contributed by atoms with Gasteiger partial charge in [0.1, 0.15) is 0 Å². The Labute approximate surface area is 71.1 Å². The maximum atomic E-state index is 4.18. The molecule has 0 bridgehead atoms. The minimum atomic E-state index is 0.779. The Hall–Kier alpha value is -0.150. The first-order valence-corrected chi connectivity index (χ1v) is 4.63. The summed E-state index contributed by atoms with van der Waals surface area (Å²) in [5.74, 6) is 0.779. The van der Waals surface area contributed by atoms with Crippen molar-refractivity contribution in [2.24, 2.45) is 0 Å². The largest absolute Gasteiger partial charge is 0.357 e. The van der Waals surface area contributed by atoms with Crippen LogP contribution >= 0.6 is 24.0 Å². The van der Waals surface area contributed by atoms with Crippen molar-refractivity contribution in [3.05, 3.63) is 17.0 Å². The molecule has 0 aromatic carbocycles. The van der Waals surface area contributed by atoms with E-state index in [0.29, 0.717) is 0 Å². The third kappa shape index (κ3) is 1.47. The monoisotopic (exact) mass is 173 g/mol. The Balaban J connectivity index is 2.82. The maximum absolute atomic E-state index is 4.18. The number of anilines is 1. The first kappa shape index (κ1) is 7.95. The minimum Gasteiger partial charge on any atom is -0.357 e. The molecule has 0 spiro atoms. The minimum absolute atomic E-state index is 0.779. The first-order chi connectivity index (χ1) is 4.75. The lowest BCUT2D eigenvalue weighted by molar-refractivity contribution is 1.11. The molecule has 0 saturated carbocycles. The van der Waals surface area contributed by atoms with Crippen LogP contribution in [0, 0.1) is 6.92 Å². The molecule has 0 unspecified atom stereocenters. The van der Waals surface area contributed by atoms with Gasteiger partial charge in [-0.1, -0.05) is 0 Å². The highest BCUT2D eigenvalue weighted by Crippen LogP contribution is 2.25. The average molecular weight is 173 g/mol. The summed E-state index contributed by atoms with van der Waals surface area (Å²) in [4.78, 5) is 2.13. The predicted molar refractivity (Wildman–Crippen MR) is 51.3 cm³/mol. The summed E-state index contributed by atoms with van der Waals surface area (Å²) < 4.78 is 0. The Morgan fingerprint density at radius 1 is 1.70 bits per heavy atom.